The average Bonchev–Trinajstić information content (AvgIpc) is 1.63. The molecule has 0 aromatic heterocycles. The van der Waals surface area contributed by atoms with Gasteiger partial charge in [-0.2, -0.15) is 0 Å². The zero-order chi connectivity index (χ0) is 7.28. The molecule has 0 rings (SSSR count). The predicted molar refractivity (Wildman–Crippen MR) is 47.6 cm³/mol. The Kier molecular flexibility index (Phi) is 11.3. The molecule has 0 heterocycles. The Morgan fingerprint density at radius 2 is 1.30 bits per heavy atom. The van der Waals surface area contributed by atoms with Crippen molar-refractivity contribution in [2.45, 2.75) is 38.3 Å². The van der Waals surface area contributed by atoms with Crippen molar-refractivity contribution in [1.82, 2.24) is 0 Å². The number of rotatable bonds is 4. The van der Waals surface area contributed by atoms with Crippen LogP contribution in [0.5, 0.6) is 0 Å². The molecule has 0 aromatic rings. The first kappa shape index (κ1) is 13.7. The Morgan fingerprint density at radius 3 is 1.50 bits per heavy atom. The third kappa shape index (κ3) is 11.9. The van der Waals surface area contributed by atoms with Crippen LogP contribution in [0.15, 0.2) is 0 Å². The van der Waals surface area contributed by atoms with Crippen molar-refractivity contribution in [3.63, 3.8) is 0 Å². The van der Waals surface area contributed by atoms with Gasteiger partial charge in [0, 0.05) is 0 Å². The summed E-state index contributed by atoms with van der Waals surface area (Å²) in [7, 11) is 0. The van der Waals surface area contributed by atoms with E-state index in [4.69, 9.17) is 0 Å². The number of hydrogen-bond acceptors (Lipinski definition) is 0. The predicted octanol–water partition coefficient (Wildman–Crippen LogP) is -0.312. The Labute approximate surface area is 85.5 Å². The maximum absolute atomic E-state index is 2.33. The van der Waals surface area contributed by atoms with Crippen molar-refractivity contribution < 1.29 is 20.3 Å². The van der Waals surface area contributed by atoms with Crippen LogP contribution in [0.1, 0.15) is 29.1 Å². The average molecular weight is 150 g/mol. The second-order valence-electron chi connectivity index (χ2n) is 3.72. The molecule has 56 valence electrons. The van der Waals surface area contributed by atoms with E-state index in [-0.39, 0.29) is 20.3 Å². The van der Waals surface area contributed by atoms with Crippen LogP contribution in [0, 0.1) is 11.8 Å². The van der Waals surface area contributed by atoms with E-state index in [1.165, 1.54) is 10.6 Å². The Balaban J connectivity index is -0.000000320. The van der Waals surface area contributed by atoms with Gasteiger partial charge in [0.1, 0.15) is 0 Å². The fourth-order valence-corrected chi connectivity index (χ4v) is 2.80. The molecule has 0 saturated heterocycles. The molecule has 0 unspecified atom stereocenters. The largest absolute Gasteiger partial charge is 1.00 e. The zero-order valence-corrected chi connectivity index (χ0v) is 9.69. The van der Waals surface area contributed by atoms with Gasteiger partial charge in [0.05, 0.1) is 0 Å². The van der Waals surface area contributed by atoms with Crippen LogP contribution in [0.3, 0.4) is 0 Å². The summed E-state index contributed by atoms with van der Waals surface area (Å²) in [5, 5.41) is 3.08. The molecule has 0 aliphatic rings. The first-order valence-corrected chi connectivity index (χ1v) is 6.13. The molecule has 0 aliphatic heterocycles. The molecule has 0 amide bonds. The van der Waals surface area contributed by atoms with E-state index in [9.17, 15) is 0 Å². The third-order valence-electron chi connectivity index (χ3n) is 1.56. The van der Waals surface area contributed by atoms with Crippen LogP contribution >= 0.6 is 0 Å². The van der Waals surface area contributed by atoms with E-state index in [1.807, 2.05) is 0 Å². The molecule has 0 radical (unpaired) electrons. The molecule has 2 heteroatoms. The maximum Gasteiger partial charge on any atom is 1.00 e. The SMILES string of the molecule is CC(C)[CH2][AlH][CH2]C(C)C.[H-].[Li+]. The van der Waals surface area contributed by atoms with Crippen LogP contribution in [-0.2, 0) is 0 Å². The molecule has 0 aliphatic carbocycles. The molecule has 0 spiro atoms. The van der Waals surface area contributed by atoms with Gasteiger partial charge in [0.15, 0.2) is 0 Å². The summed E-state index contributed by atoms with van der Waals surface area (Å²) in [6.07, 6.45) is 0. The molecule has 0 nitrogen and oxygen atoms in total. The van der Waals surface area contributed by atoms with Gasteiger partial charge in [-0.1, -0.05) is 50.1 Å². The van der Waals surface area contributed by atoms with Gasteiger partial charge in [-0.15, -0.1) is 0 Å². The molecule has 0 fully saturated rings. The normalized spacial score (nSPS) is 9.80. The fourth-order valence-electron chi connectivity index (χ4n) is 0.934. The molecule has 0 aromatic carbocycles. The fraction of sp³-hybridized carbons (Fsp3) is 1.00. The minimum absolute atomic E-state index is 0. The topological polar surface area (TPSA) is 0 Å². The van der Waals surface area contributed by atoms with Crippen molar-refractivity contribution in [3.05, 3.63) is 0 Å². The Morgan fingerprint density at radius 1 is 1.00 bits per heavy atom. The van der Waals surface area contributed by atoms with E-state index in [1.54, 1.807) is 0 Å². The Hall–Kier alpha value is 1.13. The minimum atomic E-state index is 0. The van der Waals surface area contributed by atoms with Crippen molar-refractivity contribution in [3.8, 4) is 0 Å². The van der Waals surface area contributed by atoms with Crippen LogP contribution in [-0.4, -0.2) is 15.2 Å². The second kappa shape index (κ2) is 8.23. The summed E-state index contributed by atoms with van der Waals surface area (Å²) >= 11 is 0.316. The van der Waals surface area contributed by atoms with Crippen molar-refractivity contribution in [1.29, 1.82) is 0 Å². The molecular weight excluding hydrogens is 130 g/mol. The summed E-state index contributed by atoms with van der Waals surface area (Å²) in [4.78, 5) is 0. The molecular formula is C8H20AlLi. The van der Waals surface area contributed by atoms with Crippen molar-refractivity contribution in [2.75, 3.05) is 0 Å². The summed E-state index contributed by atoms with van der Waals surface area (Å²) in [5.41, 5.74) is 0. The second-order valence-corrected chi connectivity index (χ2v) is 5.58. The first-order valence-electron chi connectivity index (χ1n) is 4.13. The molecule has 0 N–H and O–H groups in total. The van der Waals surface area contributed by atoms with Crippen LogP contribution in [0.4, 0.5) is 0 Å². The van der Waals surface area contributed by atoms with E-state index >= 15 is 0 Å². The smallest absolute Gasteiger partial charge is 1.00 e. The zero-order valence-electron chi connectivity index (χ0n) is 9.28. The summed E-state index contributed by atoms with van der Waals surface area (Å²) in [5.74, 6) is 1.91. The first-order chi connectivity index (χ1) is 4.13. The van der Waals surface area contributed by atoms with Crippen LogP contribution < -0.4 is 18.9 Å². The van der Waals surface area contributed by atoms with Gasteiger partial charge in [0.2, 0.25) is 15.2 Å². The van der Waals surface area contributed by atoms with Gasteiger partial charge in [-0.25, -0.2) is 0 Å². The van der Waals surface area contributed by atoms with Gasteiger partial charge in [-0.05, 0) is 0 Å². The van der Waals surface area contributed by atoms with Crippen LogP contribution in [0.25, 0.3) is 0 Å². The van der Waals surface area contributed by atoms with Crippen molar-refractivity contribution in [2.24, 2.45) is 11.8 Å². The number of hydrogen-bond donors (Lipinski definition) is 0. The summed E-state index contributed by atoms with van der Waals surface area (Å²) in [6, 6.07) is 0. The molecule has 0 bridgehead atoms. The molecule has 10 heavy (non-hydrogen) atoms. The minimum Gasteiger partial charge on any atom is -1.00 e. The van der Waals surface area contributed by atoms with Gasteiger partial charge < -0.3 is 1.43 Å². The monoisotopic (exact) mass is 150 g/mol. The Bertz CT molecular complexity index is 59.1. The van der Waals surface area contributed by atoms with E-state index < -0.39 is 0 Å². The van der Waals surface area contributed by atoms with Gasteiger partial charge in [0.25, 0.3) is 0 Å². The van der Waals surface area contributed by atoms with Crippen LogP contribution in [0.2, 0.25) is 10.6 Å². The molecule has 0 saturated carbocycles. The van der Waals surface area contributed by atoms with Crippen molar-refractivity contribution >= 4 is 15.2 Å². The third-order valence-corrected chi connectivity index (χ3v) is 4.69. The standard InChI is InChI=1S/2C4H9.Al.Li.2H/c2*1-4(2)3;;;;/h2*4H,1H2,2-3H3;;;;/q;;;+1;;-1. The summed E-state index contributed by atoms with van der Waals surface area (Å²) < 4.78 is 0. The van der Waals surface area contributed by atoms with Gasteiger partial charge >= 0.3 is 18.9 Å². The van der Waals surface area contributed by atoms with E-state index in [2.05, 4.69) is 27.7 Å². The van der Waals surface area contributed by atoms with E-state index in [0.717, 1.165) is 11.8 Å². The summed E-state index contributed by atoms with van der Waals surface area (Å²) in [6.45, 7) is 9.31. The molecule has 0 atom stereocenters. The quantitative estimate of drug-likeness (QED) is 0.482. The van der Waals surface area contributed by atoms with Gasteiger partial charge in [-0.3, -0.25) is 0 Å². The maximum atomic E-state index is 2.33. The van der Waals surface area contributed by atoms with E-state index in [0.29, 0.717) is 15.2 Å².